The van der Waals surface area contributed by atoms with E-state index in [1.807, 2.05) is 6.07 Å². The molecule has 0 saturated heterocycles. The second-order valence-corrected chi connectivity index (χ2v) is 4.94. The van der Waals surface area contributed by atoms with Crippen LogP contribution in [-0.4, -0.2) is 18.3 Å². The number of nitrogens with two attached hydrogens (primary N) is 1. The Morgan fingerprint density at radius 2 is 1.74 bits per heavy atom. The molecular weight excluding hydrogens is 232 g/mol. The van der Waals surface area contributed by atoms with Gasteiger partial charge in [-0.2, -0.15) is 0 Å². The van der Waals surface area contributed by atoms with Crippen molar-refractivity contribution in [2.75, 3.05) is 6.54 Å². The van der Waals surface area contributed by atoms with Crippen molar-refractivity contribution >= 4 is 5.71 Å². The van der Waals surface area contributed by atoms with Crippen molar-refractivity contribution in [3.63, 3.8) is 0 Å². The van der Waals surface area contributed by atoms with Crippen molar-refractivity contribution in [2.24, 2.45) is 10.7 Å². The molecule has 1 atom stereocenters. The monoisotopic (exact) mass is 250 g/mol. The number of hydrogen-bond donors (Lipinski definition) is 1. The maximum atomic E-state index is 5.69. The number of benzene rings is 2. The molecule has 2 nitrogen and oxygen atoms in total. The minimum Gasteiger partial charge on any atom is -0.330 e. The summed E-state index contributed by atoms with van der Waals surface area (Å²) in [4.78, 5) is 4.92. The van der Waals surface area contributed by atoms with Crippen LogP contribution < -0.4 is 5.73 Å². The highest BCUT2D eigenvalue weighted by Gasteiger charge is 2.20. The molecule has 0 saturated carbocycles. The molecule has 1 aliphatic rings. The Balaban J connectivity index is 2.07. The lowest BCUT2D eigenvalue weighted by Gasteiger charge is -2.23. The summed E-state index contributed by atoms with van der Waals surface area (Å²) in [6, 6.07) is 19.3. The van der Waals surface area contributed by atoms with E-state index in [2.05, 4.69) is 48.5 Å². The zero-order chi connectivity index (χ0) is 13.1. The fourth-order valence-electron chi connectivity index (χ4n) is 2.67. The topological polar surface area (TPSA) is 38.4 Å². The van der Waals surface area contributed by atoms with Gasteiger partial charge < -0.3 is 5.73 Å². The first-order valence-corrected chi connectivity index (χ1v) is 6.80. The van der Waals surface area contributed by atoms with E-state index >= 15 is 0 Å². The van der Waals surface area contributed by atoms with Crippen molar-refractivity contribution in [3.05, 3.63) is 71.3 Å². The van der Waals surface area contributed by atoms with Crippen LogP contribution in [0.1, 0.15) is 23.1 Å². The summed E-state index contributed by atoms with van der Waals surface area (Å²) in [6.45, 7) is 0.693. The first kappa shape index (κ1) is 12.1. The zero-order valence-corrected chi connectivity index (χ0v) is 10.9. The minimum absolute atomic E-state index is 0.315. The van der Waals surface area contributed by atoms with Gasteiger partial charge in [0.2, 0.25) is 0 Å². The summed E-state index contributed by atoms with van der Waals surface area (Å²) in [7, 11) is 0. The third kappa shape index (κ3) is 2.45. The molecular formula is C17H18N2. The number of rotatable bonds is 3. The summed E-state index contributed by atoms with van der Waals surface area (Å²) >= 11 is 0. The van der Waals surface area contributed by atoms with Crippen LogP contribution in [0.15, 0.2) is 59.6 Å². The lowest BCUT2D eigenvalue weighted by molar-refractivity contribution is 0.614. The van der Waals surface area contributed by atoms with Crippen LogP contribution in [0.5, 0.6) is 0 Å². The first-order valence-electron chi connectivity index (χ1n) is 6.80. The van der Waals surface area contributed by atoms with E-state index in [4.69, 9.17) is 10.7 Å². The third-order valence-corrected chi connectivity index (χ3v) is 3.59. The largest absolute Gasteiger partial charge is 0.330 e. The molecule has 1 unspecified atom stereocenters. The van der Waals surface area contributed by atoms with E-state index in [-0.39, 0.29) is 0 Å². The minimum atomic E-state index is 0.315. The van der Waals surface area contributed by atoms with Crippen LogP contribution in [0.4, 0.5) is 0 Å². The van der Waals surface area contributed by atoms with Gasteiger partial charge in [-0.15, -0.1) is 0 Å². The lowest BCUT2D eigenvalue weighted by atomic mass is 9.89. The molecule has 19 heavy (non-hydrogen) atoms. The second-order valence-electron chi connectivity index (χ2n) is 4.94. The van der Waals surface area contributed by atoms with E-state index in [1.54, 1.807) is 0 Å². The highest BCUT2D eigenvalue weighted by Crippen LogP contribution is 2.24. The molecule has 0 aliphatic carbocycles. The fourth-order valence-corrected chi connectivity index (χ4v) is 2.67. The maximum absolute atomic E-state index is 5.69. The van der Waals surface area contributed by atoms with Crippen molar-refractivity contribution in [1.82, 2.24) is 0 Å². The Morgan fingerprint density at radius 3 is 2.53 bits per heavy atom. The predicted octanol–water partition coefficient (Wildman–Crippen LogP) is 2.80. The number of hydrogen-bond acceptors (Lipinski definition) is 2. The Hall–Kier alpha value is -1.93. The summed E-state index contributed by atoms with van der Waals surface area (Å²) in [5, 5.41) is 0. The Bertz CT molecular complexity index is 587. The molecule has 0 spiro atoms. The van der Waals surface area contributed by atoms with E-state index in [0.29, 0.717) is 12.6 Å². The molecule has 2 aromatic rings. The Labute approximate surface area is 114 Å². The van der Waals surface area contributed by atoms with Gasteiger partial charge in [0.1, 0.15) is 0 Å². The highest BCUT2D eigenvalue weighted by molar-refractivity contribution is 6.14. The first-order chi connectivity index (χ1) is 9.38. The molecule has 0 fully saturated rings. The van der Waals surface area contributed by atoms with E-state index < -0.39 is 0 Å². The van der Waals surface area contributed by atoms with Gasteiger partial charge in [0, 0.05) is 11.1 Å². The summed E-state index contributed by atoms with van der Waals surface area (Å²) < 4.78 is 0. The van der Waals surface area contributed by atoms with Gasteiger partial charge in [-0.05, 0) is 24.9 Å². The average Bonchev–Trinajstić information content (AvgIpc) is 2.48. The molecule has 1 aliphatic heterocycles. The number of aliphatic imine (C=N–C) groups is 1. The van der Waals surface area contributed by atoms with Gasteiger partial charge in [0.25, 0.3) is 0 Å². The summed E-state index contributed by atoms with van der Waals surface area (Å²) in [5.74, 6) is 0. The molecule has 2 heteroatoms. The number of nitrogens with zero attached hydrogens (tertiary/aromatic N) is 1. The molecule has 0 amide bonds. The molecule has 0 aromatic heterocycles. The van der Waals surface area contributed by atoms with Crippen molar-refractivity contribution < 1.29 is 0 Å². The second kappa shape index (κ2) is 5.37. The quantitative estimate of drug-likeness (QED) is 0.893. The van der Waals surface area contributed by atoms with E-state index in [0.717, 1.165) is 18.6 Å². The SMILES string of the molecule is NCCC1Cc2ccccc2C(c2ccccc2)=N1. The van der Waals surface area contributed by atoms with Crippen LogP contribution in [0.25, 0.3) is 0 Å². The Morgan fingerprint density at radius 1 is 1.00 bits per heavy atom. The van der Waals surface area contributed by atoms with Gasteiger partial charge in [0.05, 0.1) is 11.8 Å². The average molecular weight is 250 g/mol. The number of fused-ring (bicyclic) bond motifs is 1. The van der Waals surface area contributed by atoms with Gasteiger partial charge in [-0.3, -0.25) is 4.99 Å². The fraction of sp³-hybridized carbons (Fsp3) is 0.235. The van der Waals surface area contributed by atoms with Crippen molar-refractivity contribution in [3.8, 4) is 0 Å². The van der Waals surface area contributed by atoms with Crippen LogP contribution >= 0.6 is 0 Å². The van der Waals surface area contributed by atoms with E-state index in [1.165, 1.54) is 16.7 Å². The normalized spacial score (nSPS) is 17.7. The van der Waals surface area contributed by atoms with Crippen LogP contribution in [-0.2, 0) is 6.42 Å². The third-order valence-electron chi connectivity index (χ3n) is 3.59. The summed E-state index contributed by atoms with van der Waals surface area (Å²) in [6.07, 6.45) is 1.95. The van der Waals surface area contributed by atoms with Crippen LogP contribution in [0, 0.1) is 0 Å². The molecule has 2 N–H and O–H groups in total. The molecule has 3 rings (SSSR count). The highest BCUT2D eigenvalue weighted by atomic mass is 14.8. The standard InChI is InChI=1S/C17H18N2/c18-11-10-15-12-14-8-4-5-9-16(14)17(19-15)13-6-2-1-3-7-13/h1-9,15H,10-12,18H2. The lowest BCUT2D eigenvalue weighted by Crippen LogP contribution is -2.24. The van der Waals surface area contributed by atoms with Gasteiger partial charge >= 0.3 is 0 Å². The van der Waals surface area contributed by atoms with Crippen molar-refractivity contribution in [2.45, 2.75) is 18.9 Å². The van der Waals surface area contributed by atoms with E-state index in [9.17, 15) is 0 Å². The van der Waals surface area contributed by atoms with Crippen LogP contribution in [0.2, 0.25) is 0 Å². The predicted molar refractivity (Wildman–Crippen MR) is 79.7 cm³/mol. The molecule has 0 radical (unpaired) electrons. The van der Waals surface area contributed by atoms with Crippen LogP contribution in [0.3, 0.4) is 0 Å². The summed E-state index contributed by atoms with van der Waals surface area (Å²) in [5.41, 5.74) is 10.6. The molecule has 1 heterocycles. The molecule has 0 bridgehead atoms. The molecule has 2 aromatic carbocycles. The van der Waals surface area contributed by atoms with Crippen molar-refractivity contribution in [1.29, 1.82) is 0 Å². The maximum Gasteiger partial charge on any atom is 0.0725 e. The van der Waals surface area contributed by atoms with Gasteiger partial charge in [-0.1, -0.05) is 54.6 Å². The molecule has 96 valence electrons. The zero-order valence-electron chi connectivity index (χ0n) is 10.9. The van der Waals surface area contributed by atoms with Gasteiger partial charge in [0.15, 0.2) is 0 Å². The Kier molecular flexibility index (Phi) is 3.43. The van der Waals surface area contributed by atoms with Gasteiger partial charge in [-0.25, -0.2) is 0 Å². The smallest absolute Gasteiger partial charge is 0.0725 e.